The topological polar surface area (TPSA) is 83.6 Å². The molecule has 5 heteroatoms. The number of phenolic OH excluding ortho intramolecular Hbond substituents is 1. The summed E-state index contributed by atoms with van der Waals surface area (Å²) in [7, 11) is 0. The molecule has 0 aliphatic carbocycles. The molecule has 96 valence electrons. The molecule has 2 amide bonds. The fourth-order valence-electron chi connectivity index (χ4n) is 2.23. The van der Waals surface area contributed by atoms with Crippen molar-refractivity contribution in [2.75, 3.05) is 6.54 Å². The molecule has 3 N–H and O–H groups in total. The fraction of sp³-hybridized carbons (Fsp3) is 0.385. The number of nitrogens with zero attached hydrogens (tertiary/aromatic N) is 1. The molecule has 1 fully saturated rings. The summed E-state index contributed by atoms with van der Waals surface area (Å²) in [6.45, 7) is 2.27. The zero-order valence-corrected chi connectivity index (χ0v) is 10.2. The lowest BCUT2D eigenvalue weighted by molar-refractivity contribution is -0.130. The first-order chi connectivity index (χ1) is 8.49. The van der Waals surface area contributed by atoms with E-state index in [0.717, 1.165) is 5.56 Å². The first-order valence-electron chi connectivity index (χ1n) is 5.86. The third kappa shape index (κ3) is 2.30. The van der Waals surface area contributed by atoms with E-state index < -0.39 is 11.8 Å². The molecule has 2 rings (SSSR count). The van der Waals surface area contributed by atoms with E-state index in [1.54, 1.807) is 29.2 Å². The fourth-order valence-corrected chi connectivity index (χ4v) is 2.23. The van der Waals surface area contributed by atoms with E-state index >= 15 is 0 Å². The Labute approximate surface area is 105 Å². The lowest BCUT2D eigenvalue weighted by atomic mass is 10.1. The normalized spacial score (nSPS) is 21.1. The molecule has 0 aromatic heterocycles. The molecule has 5 nitrogen and oxygen atoms in total. The summed E-state index contributed by atoms with van der Waals surface area (Å²) in [5.41, 5.74) is 6.15. The average Bonchev–Trinajstić information content (AvgIpc) is 2.71. The highest BCUT2D eigenvalue weighted by Gasteiger charge is 2.35. The van der Waals surface area contributed by atoms with E-state index in [-0.39, 0.29) is 24.1 Å². The molecule has 1 aliphatic rings. The van der Waals surface area contributed by atoms with Gasteiger partial charge in [-0.05, 0) is 24.6 Å². The van der Waals surface area contributed by atoms with Crippen molar-refractivity contribution in [2.24, 2.45) is 11.7 Å². The van der Waals surface area contributed by atoms with Gasteiger partial charge in [0, 0.05) is 13.0 Å². The Morgan fingerprint density at radius 2 is 2.06 bits per heavy atom. The van der Waals surface area contributed by atoms with Crippen molar-refractivity contribution in [3.05, 3.63) is 29.8 Å². The van der Waals surface area contributed by atoms with Gasteiger partial charge in [-0.2, -0.15) is 0 Å². The Balaban J connectivity index is 2.14. The number of benzene rings is 1. The van der Waals surface area contributed by atoms with Crippen molar-refractivity contribution >= 4 is 11.8 Å². The molecular formula is C13H16N2O3. The summed E-state index contributed by atoms with van der Waals surface area (Å²) in [5.74, 6) is -0.686. The van der Waals surface area contributed by atoms with Crippen LogP contribution in [0.1, 0.15) is 24.9 Å². The molecule has 0 spiro atoms. The molecule has 1 saturated heterocycles. The zero-order chi connectivity index (χ0) is 13.3. The van der Waals surface area contributed by atoms with Gasteiger partial charge in [0.05, 0.1) is 12.0 Å². The van der Waals surface area contributed by atoms with Crippen LogP contribution in [0, 0.1) is 5.92 Å². The minimum absolute atomic E-state index is 0.0561. The van der Waals surface area contributed by atoms with E-state index in [0.29, 0.717) is 6.54 Å². The summed E-state index contributed by atoms with van der Waals surface area (Å²) in [6.07, 6.45) is 0.192. The predicted octanol–water partition coefficient (Wildman–Crippen LogP) is 0.787. The molecule has 2 unspecified atom stereocenters. The number of nitrogens with two attached hydrogens (primary N) is 1. The monoisotopic (exact) mass is 248 g/mol. The number of phenols is 1. The van der Waals surface area contributed by atoms with Crippen LogP contribution in [0.2, 0.25) is 0 Å². The van der Waals surface area contributed by atoms with Crippen molar-refractivity contribution in [1.29, 1.82) is 0 Å². The Morgan fingerprint density at radius 1 is 1.44 bits per heavy atom. The molecule has 1 aliphatic heterocycles. The summed E-state index contributed by atoms with van der Waals surface area (Å²) in [6, 6.07) is 6.58. The lowest BCUT2D eigenvalue weighted by Gasteiger charge is -2.25. The number of hydrogen-bond donors (Lipinski definition) is 2. The van der Waals surface area contributed by atoms with Crippen LogP contribution in [0.3, 0.4) is 0 Å². The minimum atomic E-state index is -0.427. The van der Waals surface area contributed by atoms with Crippen LogP contribution in [0.5, 0.6) is 5.75 Å². The highest BCUT2D eigenvalue weighted by Crippen LogP contribution is 2.28. The van der Waals surface area contributed by atoms with Crippen molar-refractivity contribution in [3.63, 3.8) is 0 Å². The molecule has 0 radical (unpaired) electrons. The largest absolute Gasteiger partial charge is 0.508 e. The maximum atomic E-state index is 11.8. The van der Waals surface area contributed by atoms with Crippen LogP contribution >= 0.6 is 0 Å². The van der Waals surface area contributed by atoms with Gasteiger partial charge in [-0.25, -0.2) is 0 Å². The molecule has 2 atom stereocenters. The smallest absolute Gasteiger partial charge is 0.223 e. The second kappa shape index (κ2) is 4.68. The van der Waals surface area contributed by atoms with Gasteiger partial charge in [0.15, 0.2) is 0 Å². The van der Waals surface area contributed by atoms with Crippen LogP contribution < -0.4 is 5.73 Å². The molecule has 18 heavy (non-hydrogen) atoms. The van der Waals surface area contributed by atoms with Crippen molar-refractivity contribution in [1.82, 2.24) is 4.90 Å². The van der Waals surface area contributed by atoms with Crippen molar-refractivity contribution < 1.29 is 14.7 Å². The van der Waals surface area contributed by atoms with Gasteiger partial charge in [-0.1, -0.05) is 12.1 Å². The third-order valence-corrected chi connectivity index (χ3v) is 3.40. The van der Waals surface area contributed by atoms with Crippen molar-refractivity contribution in [2.45, 2.75) is 19.4 Å². The number of likely N-dealkylation sites (tertiary alicyclic amines) is 1. The third-order valence-electron chi connectivity index (χ3n) is 3.40. The van der Waals surface area contributed by atoms with Crippen LogP contribution in [0.25, 0.3) is 0 Å². The quantitative estimate of drug-likeness (QED) is 0.829. The number of amides is 2. The number of rotatable bonds is 3. The van der Waals surface area contributed by atoms with Gasteiger partial charge in [-0.3, -0.25) is 9.59 Å². The van der Waals surface area contributed by atoms with Gasteiger partial charge < -0.3 is 15.7 Å². The predicted molar refractivity (Wildman–Crippen MR) is 65.5 cm³/mol. The van der Waals surface area contributed by atoms with Gasteiger partial charge in [-0.15, -0.1) is 0 Å². The van der Waals surface area contributed by atoms with Crippen LogP contribution in [-0.4, -0.2) is 28.4 Å². The summed E-state index contributed by atoms with van der Waals surface area (Å²) in [4.78, 5) is 24.6. The first-order valence-corrected chi connectivity index (χ1v) is 5.86. The van der Waals surface area contributed by atoms with Gasteiger partial charge in [0.2, 0.25) is 11.8 Å². The van der Waals surface area contributed by atoms with Crippen molar-refractivity contribution in [3.8, 4) is 5.75 Å². The number of hydrogen-bond acceptors (Lipinski definition) is 3. The maximum absolute atomic E-state index is 11.8. The average molecular weight is 248 g/mol. The molecule has 1 aromatic carbocycles. The minimum Gasteiger partial charge on any atom is -0.508 e. The number of carbonyl (C=O) groups is 2. The number of aromatic hydroxyl groups is 1. The van der Waals surface area contributed by atoms with Crippen LogP contribution in [-0.2, 0) is 9.59 Å². The van der Waals surface area contributed by atoms with Crippen LogP contribution in [0.4, 0.5) is 0 Å². The molecular weight excluding hydrogens is 232 g/mol. The Hall–Kier alpha value is -2.04. The van der Waals surface area contributed by atoms with E-state index in [1.165, 1.54) is 0 Å². The second-order valence-electron chi connectivity index (χ2n) is 4.62. The summed E-state index contributed by atoms with van der Waals surface area (Å²) >= 11 is 0. The van der Waals surface area contributed by atoms with Gasteiger partial charge >= 0.3 is 0 Å². The van der Waals surface area contributed by atoms with Gasteiger partial charge in [0.25, 0.3) is 0 Å². The maximum Gasteiger partial charge on any atom is 0.223 e. The highest BCUT2D eigenvalue weighted by atomic mass is 16.3. The molecule has 0 saturated carbocycles. The standard InChI is InChI=1S/C13H16N2O3/c1-8(9-2-4-11(16)5-3-9)15-7-10(13(14)18)6-12(15)17/h2-5,8,10,16H,6-7H2,1H3,(H2,14,18). The second-order valence-corrected chi connectivity index (χ2v) is 4.62. The summed E-state index contributed by atoms with van der Waals surface area (Å²) in [5, 5.41) is 9.23. The van der Waals surface area contributed by atoms with E-state index in [9.17, 15) is 14.7 Å². The van der Waals surface area contributed by atoms with Crippen LogP contribution in [0.15, 0.2) is 24.3 Å². The Kier molecular flexibility index (Phi) is 3.23. The first kappa shape index (κ1) is 12.4. The van der Waals surface area contributed by atoms with E-state index in [1.807, 2.05) is 6.92 Å². The highest BCUT2D eigenvalue weighted by molar-refractivity contribution is 5.88. The molecule has 1 heterocycles. The summed E-state index contributed by atoms with van der Waals surface area (Å²) < 4.78 is 0. The SMILES string of the molecule is CC(c1ccc(O)cc1)N1CC(C(N)=O)CC1=O. The zero-order valence-electron chi connectivity index (χ0n) is 10.2. The molecule has 0 bridgehead atoms. The molecule has 1 aromatic rings. The van der Waals surface area contributed by atoms with Gasteiger partial charge in [0.1, 0.15) is 5.75 Å². The Morgan fingerprint density at radius 3 is 2.56 bits per heavy atom. The number of carbonyl (C=O) groups excluding carboxylic acids is 2. The number of primary amides is 1. The Bertz CT molecular complexity index is 470. The van der Waals surface area contributed by atoms with E-state index in [2.05, 4.69) is 0 Å². The lowest BCUT2D eigenvalue weighted by Crippen LogP contribution is -2.30. The van der Waals surface area contributed by atoms with E-state index in [4.69, 9.17) is 5.73 Å².